The Hall–Kier alpha value is -4.25. The summed E-state index contributed by atoms with van der Waals surface area (Å²) < 4.78 is 46.4. The third-order valence-electron chi connectivity index (χ3n) is 8.76. The number of benzene rings is 2. The largest absolute Gasteiger partial charge is 0.494 e. The Morgan fingerprint density at radius 1 is 1.02 bits per heavy atom. The molecule has 0 saturated heterocycles. The van der Waals surface area contributed by atoms with Gasteiger partial charge in [0, 0.05) is 32.3 Å². The zero-order chi connectivity index (χ0) is 41.5. The summed E-state index contributed by atoms with van der Waals surface area (Å²) in [4.78, 5) is 52.1. The van der Waals surface area contributed by atoms with Crippen LogP contribution >= 0.6 is 0 Å². The molecule has 2 aliphatic rings. The minimum Gasteiger partial charge on any atom is -0.494 e. The number of anilines is 1. The average molecular weight is 804 g/mol. The number of carbonyl (C=O) groups is 4. The maximum atomic E-state index is 14.1. The summed E-state index contributed by atoms with van der Waals surface area (Å²) in [6.45, 7) is 12.5. The standard InChI is InChI=1S/C40H61N5O10S/c1-8-22-53-26-35-38(49)42-34(36(47)25-45(21-20-27(2)3)56(51,52)32-18-14-30(15-19-32)41-28(4)46)24-29-12-16-31(17-13-29)54-23-10-9-11-33(37(48)43-35)44-39(50)55-40(5,6)7/h12-19,27,33-36,47H,8-11,20-26H2,1-7H3,(H,41,46)(H,42,49)(H,43,48)(H,44,50)/t33-,34+,35+,36-/m1/s1. The number of sulfonamides is 1. The number of nitrogens with zero attached hydrogens (tertiary/aromatic N) is 1. The number of fused-ring (bicyclic) bond motifs is 14. The summed E-state index contributed by atoms with van der Waals surface area (Å²) in [7, 11) is -4.15. The molecule has 0 aliphatic carbocycles. The molecule has 2 aromatic rings. The first-order valence-corrected chi connectivity index (χ1v) is 20.8. The third-order valence-corrected chi connectivity index (χ3v) is 10.6. The molecule has 5 N–H and O–H groups in total. The summed E-state index contributed by atoms with van der Waals surface area (Å²) in [5.41, 5.74) is 0.359. The molecule has 0 spiro atoms. The lowest BCUT2D eigenvalue weighted by Crippen LogP contribution is -2.59. The van der Waals surface area contributed by atoms with E-state index in [9.17, 15) is 32.7 Å². The van der Waals surface area contributed by atoms with Crippen LogP contribution in [0.25, 0.3) is 0 Å². The van der Waals surface area contributed by atoms with Gasteiger partial charge in [-0.25, -0.2) is 13.2 Å². The highest BCUT2D eigenvalue weighted by atomic mass is 32.2. The van der Waals surface area contributed by atoms with E-state index in [2.05, 4.69) is 21.3 Å². The molecule has 4 atom stereocenters. The maximum Gasteiger partial charge on any atom is 0.408 e. The molecule has 56 heavy (non-hydrogen) atoms. The number of aliphatic hydroxyl groups excluding tert-OH is 1. The summed E-state index contributed by atoms with van der Waals surface area (Å²) in [6.07, 6.45) is 0.384. The lowest BCUT2D eigenvalue weighted by molar-refractivity contribution is -0.132. The molecule has 4 amide bonds. The quantitative estimate of drug-likeness (QED) is 0.173. The first-order valence-electron chi connectivity index (χ1n) is 19.3. The summed E-state index contributed by atoms with van der Waals surface area (Å²) in [5, 5.41) is 22.8. The van der Waals surface area contributed by atoms with Crippen molar-refractivity contribution < 1.29 is 46.9 Å². The van der Waals surface area contributed by atoms with Crippen molar-refractivity contribution in [3.63, 3.8) is 0 Å². The van der Waals surface area contributed by atoms with Crippen LogP contribution in [0.1, 0.15) is 86.1 Å². The van der Waals surface area contributed by atoms with E-state index in [1.54, 1.807) is 32.9 Å². The third kappa shape index (κ3) is 15.7. The van der Waals surface area contributed by atoms with Gasteiger partial charge in [0.15, 0.2) is 0 Å². The Morgan fingerprint density at radius 2 is 1.70 bits per heavy atom. The zero-order valence-electron chi connectivity index (χ0n) is 33.8. The Bertz CT molecular complexity index is 1680. The highest BCUT2D eigenvalue weighted by Gasteiger charge is 2.34. The molecule has 0 unspecified atom stereocenters. The van der Waals surface area contributed by atoms with Crippen molar-refractivity contribution in [1.29, 1.82) is 0 Å². The van der Waals surface area contributed by atoms with E-state index in [1.165, 1.54) is 35.5 Å². The van der Waals surface area contributed by atoms with Crippen molar-refractivity contribution in [2.75, 3.05) is 38.2 Å². The first kappa shape index (κ1) is 46.1. The number of aliphatic hydroxyl groups is 1. The van der Waals surface area contributed by atoms with Gasteiger partial charge in [0.1, 0.15) is 23.4 Å². The van der Waals surface area contributed by atoms with Gasteiger partial charge in [0.05, 0.1) is 30.3 Å². The molecular formula is C40H61N5O10S. The van der Waals surface area contributed by atoms with E-state index < -0.39 is 57.8 Å². The van der Waals surface area contributed by atoms with Crippen molar-refractivity contribution in [2.24, 2.45) is 5.92 Å². The van der Waals surface area contributed by atoms with E-state index in [1.807, 2.05) is 32.9 Å². The predicted molar refractivity (Wildman–Crippen MR) is 213 cm³/mol. The number of alkyl carbamates (subject to hydrolysis) is 1. The number of hydrogen-bond donors (Lipinski definition) is 5. The van der Waals surface area contributed by atoms with E-state index >= 15 is 0 Å². The zero-order valence-corrected chi connectivity index (χ0v) is 34.6. The van der Waals surface area contributed by atoms with Crippen molar-refractivity contribution >= 4 is 39.5 Å². The van der Waals surface area contributed by atoms with Crippen molar-refractivity contribution in [3.05, 3.63) is 54.1 Å². The van der Waals surface area contributed by atoms with Crippen LogP contribution in [0.2, 0.25) is 0 Å². The number of hydrogen-bond acceptors (Lipinski definition) is 10. The van der Waals surface area contributed by atoms with Gasteiger partial charge in [-0.1, -0.05) is 32.9 Å². The first-order chi connectivity index (χ1) is 26.4. The molecular weight excluding hydrogens is 743 g/mol. The van der Waals surface area contributed by atoms with Gasteiger partial charge < -0.3 is 40.6 Å². The number of carbonyl (C=O) groups excluding carboxylic acids is 4. The molecule has 2 aliphatic heterocycles. The molecule has 0 radical (unpaired) electrons. The number of ether oxygens (including phenoxy) is 3. The van der Waals surface area contributed by atoms with Gasteiger partial charge in [-0.3, -0.25) is 14.4 Å². The fourth-order valence-corrected chi connectivity index (χ4v) is 7.29. The van der Waals surface area contributed by atoms with Crippen LogP contribution in [-0.4, -0.2) is 104 Å². The fraction of sp³-hybridized carbons (Fsp3) is 0.600. The lowest BCUT2D eigenvalue weighted by Gasteiger charge is -2.31. The second kappa shape index (κ2) is 21.9. The smallest absolute Gasteiger partial charge is 0.408 e. The molecule has 0 saturated carbocycles. The maximum absolute atomic E-state index is 14.1. The number of nitrogens with one attached hydrogen (secondary N) is 4. The molecule has 2 bridgehead atoms. The molecule has 15 nitrogen and oxygen atoms in total. The molecule has 0 fully saturated rings. The average Bonchev–Trinajstić information content (AvgIpc) is 3.11. The Morgan fingerprint density at radius 3 is 2.30 bits per heavy atom. The van der Waals surface area contributed by atoms with Crippen LogP contribution in [0.4, 0.5) is 10.5 Å². The summed E-state index contributed by atoms with van der Waals surface area (Å²) in [6, 6.07) is 9.66. The molecule has 16 heteroatoms. The van der Waals surface area contributed by atoms with E-state index in [0.29, 0.717) is 50.3 Å². The van der Waals surface area contributed by atoms with E-state index in [-0.39, 0.29) is 49.3 Å². The number of rotatable bonds is 14. The normalized spacial score (nSPS) is 19.4. The van der Waals surface area contributed by atoms with Gasteiger partial charge in [0.2, 0.25) is 27.7 Å². The molecule has 2 heterocycles. The Kier molecular flexibility index (Phi) is 18.0. The van der Waals surface area contributed by atoms with Crippen molar-refractivity contribution in [1.82, 2.24) is 20.3 Å². The van der Waals surface area contributed by atoms with E-state index in [4.69, 9.17) is 14.2 Å². The molecule has 0 aromatic heterocycles. The van der Waals surface area contributed by atoms with Gasteiger partial charge in [-0.05, 0) is 107 Å². The topological polar surface area (TPSA) is 202 Å². The van der Waals surface area contributed by atoms with Gasteiger partial charge >= 0.3 is 6.09 Å². The minimum atomic E-state index is -4.15. The molecule has 2 aromatic carbocycles. The van der Waals surface area contributed by atoms with E-state index in [0.717, 1.165) is 5.56 Å². The van der Waals surface area contributed by atoms with Crippen LogP contribution in [0, 0.1) is 5.92 Å². The van der Waals surface area contributed by atoms with Crippen LogP contribution in [0.3, 0.4) is 0 Å². The summed E-state index contributed by atoms with van der Waals surface area (Å²) in [5.74, 6) is -0.846. The van der Waals surface area contributed by atoms with Crippen molar-refractivity contribution in [3.8, 4) is 5.75 Å². The van der Waals surface area contributed by atoms with Gasteiger partial charge in [-0.15, -0.1) is 0 Å². The fourth-order valence-electron chi connectivity index (χ4n) is 5.81. The van der Waals surface area contributed by atoms with Crippen LogP contribution in [0.5, 0.6) is 5.75 Å². The second-order valence-corrected chi connectivity index (χ2v) is 17.4. The predicted octanol–water partition coefficient (Wildman–Crippen LogP) is 4.14. The number of amides is 4. The minimum absolute atomic E-state index is 0.0264. The highest BCUT2D eigenvalue weighted by Crippen LogP contribution is 2.22. The highest BCUT2D eigenvalue weighted by molar-refractivity contribution is 7.89. The summed E-state index contributed by atoms with van der Waals surface area (Å²) >= 11 is 0. The monoisotopic (exact) mass is 803 g/mol. The van der Waals surface area contributed by atoms with Gasteiger partial charge in [-0.2, -0.15) is 4.31 Å². The van der Waals surface area contributed by atoms with Crippen LogP contribution in [-0.2, 0) is 40.3 Å². The molecule has 4 rings (SSSR count). The Balaban J connectivity index is 1.98. The van der Waals surface area contributed by atoms with Gasteiger partial charge in [0.25, 0.3) is 0 Å². The second-order valence-electron chi connectivity index (χ2n) is 15.5. The Labute approximate surface area is 331 Å². The molecule has 312 valence electrons. The lowest BCUT2D eigenvalue weighted by atomic mass is 10.00. The van der Waals surface area contributed by atoms with Crippen molar-refractivity contribution in [2.45, 2.75) is 122 Å². The SMILES string of the molecule is CCCOC[C@@H]1NC(=O)[C@H](NC(=O)OC(C)(C)C)CCCCOc2ccc(cc2)C[C@@H]([C@H](O)CN(CCC(C)C)S(=O)(=O)c2ccc(NC(C)=O)cc2)NC1=O. The van der Waals surface area contributed by atoms with Crippen LogP contribution < -0.4 is 26.0 Å². The van der Waals surface area contributed by atoms with Crippen LogP contribution in [0.15, 0.2) is 53.4 Å².